The molecule has 0 saturated carbocycles. The Morgan fingerprint density at radius 1 is 1.38 bits per heavy atom. The van der Waals surface area contributed by atoms with E-state index in [4.69, 9.17) is 10.6 Å². The first-order valence-corrected chi connectivity index (χ1v) is 7.09. The number of ether oxygens (including phenoxy) is 1. The topological polar surface area (TPSA) is 78.0 Å². The van der Waals surface area contributed by atoms with Crippen LogP contribution in [0.25, 0.3) is 0 Å². The monoisotopic (exact) mass is 289 g/mol. The zero-order chi connectivity index (χ0) is 15.4. The van der Waals surface area contributed by atoms with Crippen molar-refractivity contribution in [3.05, 3.63) is 41.0 Å². The SMILES string of the molecule is CCOc1cncc(C(Cc2c(C)nn(C)c2C)NN)c1. The maximum absolute atomic E-state index is 5.74. The van der Waals surface area contributed by atoms with Gasteiger partial charge in [0.25, 0.3) is 0 Å². The summed E-state index contributed by atoms with van der Waals surface area (Å²) in [6.45, 7) is 6.66. The first-order valence-electron chi connectivity index (χ1n) is 7.09. The number of pyridine rings is 1. The molecule has 0 radical (unpaired) electrons. The predicted octanol–water partition coefficient (Wildman–Crippen LogP) is 1.58. The molecule has 2 rings (SSSR count). The van der Waals surface area contributed by atoms with Crippen LogP contribution in [0.1, 0.15) is 35.5 Å². The van der Waals surface area contributed by atoms with E-state index >= 15 is 0 Å². The largest absolute Gasteiger partial charge is 0.492 e. The normalized spacial score (nSPS) is 12.4. The first kappa shape index (κ1) is 15.5. The van der Waals surface area contributed by atoms with Gasteiger partial charge in [0.1, 0.15) is 5.75 Å². The number of rotatable bonds is 6. The second-order valence-corrected chi connectivity index (χ2v) is 5.08. The van der Waals surface area contributed by atoms with E-state index in [-0.39, 0.29) is 6.04 Å². The summed E-state index contributed by atoms with van der Waals surface area (Å²) in [6, 6.07) is 1.95. The third kappa shape index (κ3) is 3.40. The summed E-state index contributed by atoms with van der Waals surface area (Å²) in [6.07, 6.45) is 4.29. The minimum Gasteiger partial charge on any atom is -0.492 e. The Morgan fingerprint density at radius 3 is 2.71 bits per heavy atom. The number of aromatic nitrogens is 3. The molecule has 6 nitrogen and oxygen atoms in total. The summed E-state index contributed by atoms with van der Waals surface area (Å²) < 4.78 is 7.39. The van der Waals surface area contributed by atoms with Crippen molar-refractivity contribution in [3.63, 3.8) is 0 Å². The van der Waals surface area contributed by atoms with Gasteiger partial charge in [0.15, 0.2) is 0 Å². The Labute approximate surface area is 125 Å². The number of nitrogens with two attached hydrogens (primary N) is 1. The van der Waals surface area contributed by atoms with Crippen LogP contribution in [-0.2, 0) is 13.5 Å². The third-order valence-corrected chi connectivity index (χ3v) is 3.72. The van der Waals surface area contributed by atoms with E-state index in [1.807, 2.05) is 37.8 Å². The van der Waals surface area contributed by atoms with Crippen LogP contribution in [0.5, 0.6) is 5.75 Å². The summed E-state index contributed by atoms with van der Waals surface area (Å²) in [4.78, 5) is 4.22. The molecular weight excluding hydrogens is 266 g/mol. The van der Waals surface area contributed by atoms with Gasteiger partial charge in [0.05, 0.1) is 24.5 Å². The average molecular weight is 289 g/mol. The molecule has 0 aliphatic heterocycles. The molecule has 1 unspecified atom stereocenters. The standard InChI is InChI=1S/C15H23N5O/c1-5-21-13-6-12(8-17-9-13)15(18-16)7-14-10(2)19-20(4)11(14)3/h6,8-9,15,18H,5,7,16H2,1-4H3. The van der Waals surface area contributed by atoms with Crippen LogP contribution in [0.2, 0.25) is 0 Å². The fourth-order valence-corrected chi connectivity index (χ4v) is 2.46. The van der Waals surface area contributed by atoms with Crippen molar-refractivity contribution >= 4 is 0 Å². The Bertz CT molecular complexity index is 608. The van der Waals surface area contributed by atoms with Gasteiger partial charge in [-0.3, -0.25) is 20.9 Å². The molecule has 1 atom stereocenters. The Morgan fingerprint density at radius 2 is 2.14 bits per heavy atom. The molecule has 6 heteroatoms. The van der Waals surface area contributed by atoms with Crippen LogP contribution in [-0.4, -0.2) is 21.4 Å². The summed E-state index contributed by atoms with van der Waals surface area (Å²) in [7, 11) is 1.95. The summed E-state index contributed by atoms with van der Waals surface area (Å²) in [5, 5.41) is 4.45. The number of hydrogen-bond acceptors (Lipinski definition) is 5. The van der Waals surface area contributed by atoms with Gasteiger partial charge in [-0.2, -0.15) is 5.10 Å². The minimum absolute atomic E-state index is 0.0282. The molecule has 0 aromatic carbocycles. The van der Waals surface area contributed by atoms with Crippen LogP contribution in [0.15, 0.2) is 18.5 Å². The molecule has 0 aliphatic rings. The third-order valence-electron chi connectivity index (χ3n) is 3.72. The van der Waals surface area contributed by atoms with E-state index in [0.717, 1.165) is 29.1 Å². The molecule has 114 valence electrons. The van der Waals surface area contributed by atoms with Gasteiger partial charge >= 0.3 is 0 Å². The van der Waals surface area contributed by atoms with E-state index < -0.39 is 0 Å². The highest BCUT2D eigenvalue weighted by Crippen LogP contribution is 2.23. The zero-order valence-electron chi connectivity index (χ0n) is 13.1. The highest BCUT2D eigenvalue weighted by atomic mass is 16.5. The molecule has 21 heavy (non-hydrogen) atoms. The van der Waals surface area contributed by atoms with Gasteiger partial charge in [0, 0.05) is 18.9 Å². The summed E-state index contributed by atoms with van der Waals surface area (Å²) in [5.41, 5.74) is 7.27. The second-order valence-electron chi connectivity index (χ2n) is 5.08. The van der Waals surface area contributed by atoms with E-state index in [9.17, 15) is 0 Å². The lowest BCUT2D eigenvalue weighted by molar-refractivity contribution is 0.338. The number of nitrogens with one attached hydrogen (secondary N) is 1. The number of aryl methyl sites for hydroxylation is 2. The second kappa shape index (κ2) is 6.69. The van der Waals surface area contributed by atoms with Gasteiger partial charge < -0.3 is 4.74 Å². The summed E-state index contributed by atoms with van der Waals surface area (Å²) in [5.74, 6) is 6.50. The van der Waals surface area contributed by atoms with E-state index in [1.54, 1.807) is 6.20 Å². The van der Waals surface area contributed by atoms with Crippen LogP contribution in [0.3, 0.4) is 0 Å². The lowest BCUT2D eigenvalue weighted by Gasteiger charge is -2.17. The molecule has 0 amide bonds. The molecular formula is C15H23N5O. The van der Waals surface area contributed by atoms with Crippen molar-refractivity contribution in [1.82, 2.24) is 20.2 Å². The predicted molar refractivity (Wildman–Crippen MR) is 81.9 cm³/mol. The fourth-order valence-electron chi connectivity index (χ4n) is 2.46. The van der Waals surface area contributed by atoms with Crippen molar-refractivity contribution in [3.8, 4) is 5.75 Å². The Balaban J connectivity index is 2.25. The van der Waals surface area contributed by atoms with E-state index in [2.05, 4.69) is 22.4 Å². The molecule has 0 bridgehead atoms. The maximum Gasteiger partial charge on any atom is 0.137 e. The highest BCUT2D eigenvalue weighted by Gasteiger charge is 2.17. The average Bonchev–Trinajstić information content (AvgIpc) is 2.71. The molecule has 2 aromatic heterocycles. The first-order chi connectivity index (χ1) is 10.1. The smallest absolute Gasteiger partial charge is 0.137 e. The lowest BCUT2D eigenvalue weighted by Crippen LogP contribution is -2.30. The minimum atomic E-state index is -0.0282. The Kier molecular flexibility index (Phi) is 4.93. The summed E-state index contributed by atoms with van der Waals surface area (Å²) >= 11 is 0. The maximum atomic E-state index is 5.74. The van der Waals surface area contributed by atoms with Crippen molar-refractivity contribution < 1.29 is 4.74 Å². The number of hydrazine groups is 1. The molecule has 0 spiro atoms. The molecule has 2 heterocycles. The van der Waals surface area contributed by atoms with Crippen molar-refractivity contribution in [1.29, 1.82) is 0 Å². The van der Waals surface area contributed by atoms with E-state index in [1.165, 1.54) is 5.56 Å². The molecule has 0 fully saturated rings. The number of hydrogen-bond donors (Lipinski definition) is 2. The molecule has 3 N–H and O–H groups in total. The van der Waals surface area contributed by atoms with Gasteiger partial charge in [-0.15, -0.1) is 0 Å². The molecule has 0 aliphatic carbocycles. The molecule has 2 aromatic rings. The van der Waals surface area contributed by atoms with Crippen LogP contribution in [0.4, 0.5) is 0 Å². The number of nitrogens with zero attached hydrogens (tertiary/aromatic N) is 3. The van der Waals surface area contributed by atoms with Crippen LogP contribution < -0.4 is 16.0 Å². The fraction of sp³-hybridized carbons (Fsp3) is 0.467. The quantitative estimate of drug-likeness (QED) is 0.623. The van der Waals surface area contributed by atoms with E-state index in [0.29, 0.717) is 6.61 Å². The van der Waals surface area contributed by atoms with Crippen LogP contribution in [0, 0.1) is 13.8 Å². The lowest BCUT2D eigenvalue weighted by atomic mass is 9.99. The van der Waals surface area contributed by atoms with Gasteiger partial charge in [-0.1, -0.05) is 0 Å². The van der Waals surface area contributed by atoms with Crippen molar-refractivity contribution in [2.75, 3.05) is 6.61 Å². The van der Waals surface area contributed by atoms with Crippen molar-refractivity contribution in [2.45, 2.75) is 33.2 Å². The van der Waals surface area contributed by atoms with Gasteiger partial charge in [-0.25, -0.2) is 0 Å². The van der Waals surface area contributed by atoms with Crippen LogP contribution >= 0.6 is 0 Å². The molecule has 0 saturated heterocycles. The van der Waals surface area contributed by atoms with Gasteiger partial charge in [-0.05, 0) is 44.4 Å². The van der Waals surface area contributed by atoms with Crippen molar-refractivity contribution in [2.24, 2.45) is 12.9 Å². The Hall–Kier alpha value is -1.92. The highest BCUT2D eigenvalue weighted by molar-refractivity contribution is 5.30. The zero-order valence-corrected chi connectivity index (χ0v) is 13.1. The van der Waals surface area contributed by atoms with Gasteiger partial charge in [0.2, 0.25) is 0 Å².